The van der Waals surface area contributed by atoms with Gasteiger partial charge in [0.05, 0.1) is 37.0 Å². The third-order valence-corrected chi connectivity index (χ3v) is 10.9. The molecule has 0 unspecified atom stereocenters. The third-order valence-electron chi connectivity index (χ3n) is 8.82. The van der Waals surface area contributed by atoms with Gasteiger partial charge < -0.3 is 35.6 Å². The fraction of sp³-hybridized carbons (Fsp3) is 0.486. The monoisotopic (exact) mass is 712 g/mol. The van der Waals surface area contributed by atoms with E-state index in [-0.39, 0.29) is 72.5 Å². The number of nitrogens with zero attached hydrogens (tertiary/aromatic N) is 3. The number of likely N-dealkylation sites (N-methyl/N-ethyl adjacent to an activating group) is 1. The minimum atomic E-state index is -3.98. The summed E-state index contributed by atoms with van der Waals surface area (Å²) in [5, 5.41) is 19.4. The van der Waals surface area contributed by atoms with E-state index in [0.717, 1.165) is 0 Å². The number of hydrogen-bond acceptors (Lipinski definition) is 10. The lowest BCUT2D eigenvalue weighted by atomic mass is 10.0. The Morgan fingerprint density at radius 2 is 1.78 bits per heavy atom. The number of sulfonamides is 1. The van der Waals surface area contributed by atoms with Crippen LogP contribution in [0.15, 0.2) is 51.9 Å². The highest BCUT2D eigenvalue weighted by Gasteiger charge is 2.35. The number of fused-ring (bicyclic) bond motifs is 1. The average Bonchev–Trinajstić information content (AvgIpc) is 3.43. The van der Waals surface area contributed by atoms with Crippen LogP contribution >= 0.6 is 0 Å². The zero-order chi connectivity index (χ0) is 36.6. The van der Waals surface area contributed by atoms with E-state index in [1.165, 1.54) is 18.3 Å². The summed E-state index contributed by atoms with van der Waals surface area (Å²) < 4.78 is 39.8. The Bertz CT molecular complexity index is 1760. The Hall–Kier alpha value is -4.47. The number of carbonyl (C=O) groups excluding carboxylic acids is 3. The summed E-state index contributed by atoms with van der Waals surface area (Å²) in [5.74, 6) is -0.340. The van der Waals surface area contributed by atoms with Gasteiger partial charge in [0.1, 0.15) is 22.4 Å². The zero-order valence-corrected chi connectivity index (χ0v) is 30.1. The molecule has 1 aliphatic heterocycles. The number of aliphatic hydroxyl groups is 1. The summed E-state index contributed by atoms with van der Waals surface area (Å²) in [6, 6.07) is 11.6. The minimum Gasteiger partial charge on any atom is -0.488 e. The van der Waals surface area contributed by atoms with Crippen molar-refractivity contribution < 1.29 is 37.2 Å². The first kappa shape index (κ1) is 38.3. The van der Waals surface area contributed by atoms with Crippen molar-refractivity contribution >= 4 is 44.8 Å². The number of unbranched alkanes of at least 4 members (excludes halogenated alkanes) is 2. The molecule has 1 aliphatic rings. The van der Waals surface area contributed by atoms with Crippen molar-refractivity contribution in [3.63, 3.8) is 0 Å². The fourth-order valence-electron chi connectivity index (χ4n) is 5.87. The van der Waals surface area contributed by atoms with Crippen LogP contribution in [0.3, 0.4) is 0 Å². The number of aryl methyl sites for hydroxylation is 2. The van der Waals surface area contributed by atoms with Crippen molar-refractivity contribution in [2.75, 3.05) is 43.1 Å². The molecule has 5 N–H and O–H groups in total. The Morgan fingerprint density at radius 3 is 2.42 bits per heavy atom. The molecule has 15 heteroatoms. The Morgan fingerprint density at radius 1 is 1.10 bits per heavy atom. The van der Waals surface area contributed by atoms with Crippen LogP contribution in [0, 0.1) is 19.8 Å². The van der Waals surface area contributed by atoms with Crippen LogP contribution in [-0.4, -0.2) is 84.5 Å². The molecule has 0 saturated heterocycles. The lowest BCUT2D eigenvalue weighted by Crippen LogP contribution is -2.48. The van der Waals surface area contributed by atoms with Gasteiger partial charge >= 0.3 is 0 Å². The molecule has 2 aromatic carbocycles. The maximum absolute atomic E-state index is 13.6. The number of nitrogens with two attached hydrogens (primary N) is 1. The van der Waals surface area contributed by atoms with Gasteiger partial charge in [-0.15, -0.1) is 0 Å². The molecule has 2 heterocycles. The number of aromatic nitrogens is 1. The second-order valence-corrected chi connectivity index (χ2v) is 14.9. The van der Waals surface area contributed by atoms with Crippen LogP contribution in [0.4, 0.5) is 17.1 Å². The molecule has 3 amide bonds. The van der Waals surface area contributed by atoms with Gasteiger partial charge in [0.15, 0.2) is 5.76 Å². The number of para-hydroxylation sites is 2. The standard InChI is InChI=1S/C35H48N6O8S/c1-22-19-41(23(2)21-42)34(45)18-26-17-27(37-32(43)13-7-6-8-14-33(44)38-29-12-10-9-11-28(29)36)15-16-30(26)48-31(22)20-40(5)50(46,47)35-24(3)39-49-25(35)4/h9-12,15-17,22-23,31,42H,6-8,13-14,18-21,36H2,1-5H3,(H,37,43)(H,38,44)/t22-,23+,31-/m1/s1. The van der Waals surface area contributed by atoms with Crippen LogP contribution in [0.1, 0.15) is 63.0 Å². The number of carbonyl (C=O) groups is 3. The topological polar surface area (TPSA) is 197 Å². The number of rotatable bonds is 14. The van der Waals surface area contributed by atoms with Crippen molar-refractivity contribution in [3.8, 4) is 5.75 Å². The molecule has 0 fully saturated rings. The van der Waals surface area contributed by atoms with Crippen LogP contribution in [-0.2, 0) is 30.8 Å². The van der Waals surface area contributed by atoms with E-state index in [0.29, 0.717) is 54.1 Å². The van der Waals surface area contributed by atoms with Crippen LogP contribution in [0.5, 0.6) is 5.75 Å². The predicted octanol–water partition coefficient (Wildman–Crippen LogP) is 3.87. The van der Waals surface area contributed by atoms with E-state index in [4.69, 9.17) is 15.0 Å². The summed E-state index contributed by atoms with van der Waals surface area (Å²) in [4.78, 5) is 40.2. The molecule has 3 atom stereocenters. The molecule has 50 heavy (non-hydrogen) atoms. The molecule has 0 radical (unpaired) electrons. The molecule has 0 bridgehead atoms. The van der Waals surface area contributed by atoms with Crippen molar-refractivity contribution in [1.82, 2.24) is 14.4 Å². The third kappa shape index (κ3) is 9.61. The molecular weight excluding hydrogens is 664 g/mol. The first-order valence-corrected chi connectivity index (χ1v) is 18.2. The zero-order valence-electron chi connectivity index (χ0n) is 29.3. The number of hydrogen-bond donors (Lipinski definition) is 4. The highest BCUT2D eigenvalue weighted by molar-refractivity contribution is 7.89. The van der Waals surface area contributed by atoms with E-state index in [2.05, 4.69) is 15.8 Å². The normalized spacial score (nSPS) is 17.3. The van der Waals surface area contributed by atoms with Gasteiger partial charge in [-0.2, -0.15) is 4.31 Å². The van der Waals surface area contributed by atoms with E-state index in [9.17, 15) is 27.9 Å². The summed E-state index contributed by atoms with van der Waals surface area (Å²) in [6.07, 6.45) is 1.69. The first-order valence-electron chi connectivity index (χ1n) is 16.7. The second kappa shape index (κ2) is 17.0. The summed E-state index contributed by atoms with van der Waals surface area (Å²) in [6.45, 7) is 6.66. The van der Waals surface area contributed by atoms with Crippen LogP contribution in [0.25, 0.3) is 0 Å². The van der Waals surface area contributed by atoms with Crippen molar-refractivity contribution in [2.45, 2.75) is 83.3 Å². The number of anilines is 3. The van der Waals surface area contributed by atoms with Crippen LogP contribution < -0.4 is 21.1 Å². The highest BCUT2D eigenvalue weighted by Crippen LogP contribution is 2.31. The van der Waals surface area contributed by atoms with E-state index in [1.807, 2.05) is 6.92 Å². The molecule has 0 saturated carbocycles. The first-order chi connectivity index (χ1) is 23.7. The van der Waals surface area contributed by atoms with Gasteiger partial charge in [0.2, 0.25) is 27.7 Å². The van der Waals surface area contributed by atoms with E-state index in [1.54, 1.807) is 61.2 Å². The van der Waals surface area contributed by atoms with Crippen molar-refractivity contribution in [3.05, 3.63) is 59.5 Å². The predicted molar refractivity (Wildman–Crippen MR) is 189 cm³/mol. The maximum atomic E-state index is 13.6. The SMILES string of the molecule is Cc1noc(C)c1S(=O)(=O)N(C)C[C@H]1Oc2ccc(NC(=O)CCCCCC(=O)Nc3ccccc3N)cc2CC(=O)N([C@@H](C)CO)C[C@H]1C. The number of nitrogens with one attached hydrogen (secondary N) is 2. The quantitative estimate of drug-likeness (QED) is 0.141. The molecular formula is C35H48N6O8S. The number of amides is 3. The number of aliphatic hydroxyl groups excluding tert-OH is 1. The molecule has 3 aromatic rings. The maximum Gasteiger partial charge on any atom is 0.248 e. The summed E-state index contributed by atoms with van der Waals surface area (Å²) in [5.41, 5.74) is 8.20. The molecule has 0 aliphatic carbocycles. The molecule has 0 spiro atoms. The highest BCUT2D eigenvalue weighted by atomic mass is 32.2. The molecule has 4 rings (SSSR count). The second-order valence-electron chi connectivity index (χ2n) is 12.9. The van der Waals surface area contributed by atoms with Gasteiger partial charge in [-0.3, -0.25) is 14.4 Å². The lowest BCUT2D eigenvalue weighted by Gasteiger charge is -2.33. The molecule has 272 valence electrons. The largest absolute Gasteiger partial charge is 0.488 e. The molecule has 14 nitrogen and oxygen atoms in total. The van der Waals surface area contributed by atoms with Gasteiger partial charge in [0, 0.05) is 43.6 Å². The smallest absolute Gasteiger partial charge is 0.248 e. The minimum absolute atomic E-state index is 0.00127. The van der Waals surface area contributed by atoms with Gasteiger partial charge in [-0.05, 0) is 63.9 Å². The van der Waals surface area contributed by atoms with E-state index >= 15 is 0 Å². The average molecular weight is 713 g/mol. The summed E-state index contributed by atoms with van der Waals surface area (Å²) in [7, 11) is -2.52. The van der Waals surface area contributed by atoms with Crippen molar-refractivity contribution in [1.29, 1.82) is 0 Å². The number of nitrogen functional groups attached to an aromatic ring is 1. The number of ether oxygens (including phenoxy) is 1. The Labute approximate surface area is 293 Å². The van der Waals surface area contributed by atoms with Gasteiger partial charge in [-0.1, -0.05) is 30.6 Å². The Balaban J connectivity index is 1.42. The fourth-order valence-corrected chi connectivity index (χ4v) is 7.34. The van der Waals surface area contributed by atoms with Gasteiger partial charge in [-0.25, -0.2) is 8.42 Å². The lowest BCUT2D eigenvalue weighted by molar-refractivity contribution is -0.134. The summed E-state index contributed by atoms with van der Waals surface area (Å²) >= 11 is 0. The number of benzene rings is 2. The van der Waals surface area contributed by atoms with Crippen molar-refractivity contribution in [2.24, 2.45) is 5.92 Å². The Kier molecular flexibility index (Phi) is 13.0. The van der Waals surface area contributed by atoms with Crippen LogP contribution in [0.2, 0.25) is 0 Å². The molecule has 1 aromatic heterocycles. The van der Waals surface area contributed by atoms with E-state index < -0.39 is 22.2 Å². The van der Waals surface area contributed by atoms with Gasteiger partial charge in [0.25, 0.3) is 0 Å².